The molecule has 13 rings (SSSR count). The highest BCUT2D eigenvalue weighted by atomic mass is 32.2. The average Bonchev–Trinajstić information content (AvgIpc) is 4.26. The molecule has 0 aliphatic carbocycles. The van der Waals surface area contributed by atoms with E-state index in [2.05, 4.69) is 9.97 Å². The number of hydrogen-bond acceptors (Lipinski definition) is 14. The van der Waals surface area contributed by atoms with Crippen LogP contribution in [0.3, 0.4) is 0 Å². The van der Waals surface area contributed by atoms with E-state index in [4.69, 9.17) is 29.9 Å². The van der Waals surface area contributed by atoms with Gasteiger partial charge in [-0.1, -0.05) is 72.8 Å². The number of nitrogens with one attached hydrogen (secondary N) is 2. The van der Waals surface area contributed by atoms with Crippen molar-refractivity contribution in [2.45, 2.75) is 39.2 Å². The zero-order chi connectivity index (χ0) is 52.1. The van der Waals surface area contributed by atoms with E-state index in [0.29, 0.717) is 32.7 Å². The van der Waals surface area contributed by atoms with Gasteiger partial charge in [-0.25, -0.2) is 63.6 Å². The van der Waals surface area contributed by atoms with Crippen molar-refractivity contribution in [1.29, 1.82) is 0 Å². The lowest BCUT2D eigenvalue weighted by Gasteiger charge is -2.07. The largest absolute Gasteiger partial charge is 0.324 e. The van der Waals surface area contributed by atoms with Gasteiger partial charge in [-0.05, 0) is 121 Å². The van der Waals surface area contributed by atoms with Crippen LogP contribution >= 0.6 is 0 Å². The number of aromatic amines is 2. The van der Waals surface area contributed by atoms with Gasteiger partial charge in [0.15, 0.2) is 23.3 Å². The van der Waals surface area contributed by atoms with E-state index >= 15 is 0 Å². The summed E-state index contributed by atoms with van der Waals surface area (Å²) in [5, 5.41) is 1.43. The summed E-state index contributed by atoms with van der Waals surface area (Å²) in [5.74, 6) is 0.201. The molecule has 2 aliphatic rings. The lowest BCUT2D eigenvalue weighted by molar-refractivity contribution is 0.594. The van der Waals surface area contributed by atoms with Gasteiger partial charge in [-0.3, -0.25) is 0 Å². The zero-order valence-electron chi connectivity index (χ0n) is 39.1. The fourth-order valence-corrected chi connectivity index (χ4v) is 14.6. The molecule has 8 aromatic carbocycles. The van der Waals surface area contributed by atoms with Crippen LogP contribution in [-0.4, -0.2) is 73.5 Å². The minimum atomic E-state index is -4.07. The molecule has 370 valence electrons. The molecule has 0 unspecified atom stereocenters. The zero-order valence-corrected chi connectivity index (χ0v) is 42.3. The van der Waals surface area contributed by atoms with Gasteiger partial charge in [-0.2, -0.15) is 0 Å². The molecule has 20 heteroatoms. The maximum atomic E-state index is 14.1. The molecule has 0 amide bonds. The summed E-state index contributed by atoms with van der Waals surface area (Å²) >= 11 is 0. The summed E-state index contributed by atoms with van der Waals surface area (Å²) in [4.78, 5) is 36.5. The Morgan fingerprint density at radius 1 is 0.237 bits per heavy atom. The van der Waals surface area contributed by atoms with E-state index in [-0.39, 0.29) is 96.2 Å². The quantitative estimate of drug-likeness (QED) is 0.144. The fourth-order valence-electron chi connectivity index (χ4n) is 9.32. The van der Waals surface area contributed by atoms with Crippen LogP contribution in [0.1, 0.15) is 0 Å². The van der Waals surface area contributed by atoms with Gasteiger partial charge in [0.25, 0.3) is 0 Å². The predicted octanol–water partition coefficient (Wildman–Crippen LogP) is 10.2. The Morgan fingerprint density at radius 3 is 0.816 bits per heavy atom. The second-order valence-corrected chi connectivity index (χ2v) is 25.5. The molecule has 0 radical (unpaired) electrons. The van der Waals surface area contributed by atoms with E-state index < -0.39 is 39.3 Å². The van der Waals surface area contributed by atoms with Crippen LogP contribution in [-0.2, 0) is 39.3 Å². The van der Waals surface area contributed by atoms with Crippen molar-refractivity contribution in [2.24, 2.45) is 0 Å². The first-order valence-corrected chi connectivity index (χ1v) is 29.2. The first-order chi connectivity index (χ1) is 36.6. The van der Waals surface area contributed by atoms with Crippen molar-refractivity contribution in [3.8, 4) is 45.6 Å². The van der Waals surface area contributed by atoms with E-state index in [0.717, 1.165) is 0 Å². The van der Waals surface area contributed by atoms with Crippen LogP contribution in [0.2, 0.25) is 0 Å². The molecule has 2 N–H and O–H groups in total. The topological polar surface area (TPSA) is 245 Å². The average molecular weight is 1080 g/mol. The minimum absolute atomic E-state index is 0.0288. The number of rotatable bonds is 8. The summed E-state index contributed by atoms with van der Waals surface area (Å²) in [5.41, 5.74) is 1.87. The number of benzene rings is 8. The molecule has 0 saturated carbocycles. The van der Waals surface area contributed by atoms with Gasteiger partial charge in [0.05, 0.1) is 39.2 Å². The normalized spacial score (nSPS) is 12.6. The summed E-state index contributed by atoms with van der Waals surface area (Å²) in [7, 11) is -16.3. The number of nitrogens with zero attached hydrogens (tertiary/aromatic N) is 6. The maximum absolute atomic E-state index is 14.1. The molecular weight excluding hydrogens is 1040 g/mol. The monoisotopic (exact) mass is 1070 g/mol. The molecular formula is C56H34N8O8S4. The molecule has 8 bridgehead atoms. The van der Waals surface area contributed by atoms with Crippen LogP contribution in [0, 0.1) is 0 Å². The lowest BCUT2D eigenvalue weighted by Crippen LogP contribution is -2.02. The number of fused-ring (bicyclic) bond motifs is 20. The van der Waals surface area contributed by atoms with E-state index in [1.54, 1.807) is 97.1 Å². The Hall–Kier alpha value is -9.08. The summed E-state index contributed by atoms with van der Waals surface area (Å²) < 4.78 is 113. The smallest absolute Gasteiger partial charge is 0.206 e. The maximum Gasteiger partial charge on any atom is 0.206 e. The molecule has 0 fully saturated rings. The standard InChI is InChI=1S/C56H34N8O8S4/c65-73(66,33-13-5-1-6-14-33)37-21-25-41-45(29-37)53-57-49(41)62-54-47-31-39(75(69,70)35-17-9-3-10-18-35)23-27-43(47)51(59-54)64-56-48-32-40(76(71,72)36-19-11-4-12-20-36)24-28-44(48)52(60-56)63-55-46-30-38(22-26-42(46)50(58-55)61-53)74(67,68)34-15-7-2-8-16-34/h1-32H,(H2,57,58,59,60,61,62,63,64). The van der Waals surface area contributed by atoms with Crippen LogP contribution in [0.5, 0.6) is 0 Å². The first kappa shape index (κ1) is 46.7. The SMILES string of the molecule is O=S(=O)(c1ccccc1)c1ccc2c(c1)-c1nc-2nc2[nH]c(nc3nc(nc4[nH]c(n1)c1ccc(S(=O)(=O)c5ccccc5)cc41)-c1ccc(S(=O)(=O)c4ccccc4)cc1-3)c1ccc(S(=O)(=O)c3ccccc3)cc21. The van der Waals surface area contributed by atoms with Gasteiger partial charge >= 0.3 is 0 Å². The van der Waals surface area contributed by atoms with Crippen molar-refractivity contribution >= 4 is 83.5 Å². The van der Waals surface area contributed by atoms with Crippen molar-refractivity contribution in [3.05, 3.63) is 194 Å². The highest BCUT2D eigenvalue weighted by molar-refractivity contribution is 7.92. The molecule has 16 nitrogen and oxygen atoms in total. The summed E-state index contributed by atoms with van der Waals surface area (Å²) in [6.07, 6.45) is 0. The first-order valence-electron chi connectivity index (χ1n) is 23.2. The van der Waals surface area contributed by atoms with Crippen molar-refractivity contribution in [1.82, 2.24) is 39.9 Å². The number of H-pyrrole nitrogens is 2. The molecule has 0 spiro atoms. The molecule has 0 atom stereocenters. The van der Waals surface area contributed by atoms with Gasteiger partial charge in [0.1, 0.15) is 22.6 Å². The van der Waals surface area contributed by atoms with Gasteiger partial charge in [0, 0.05) is 43.8 Å². The Bertz CT molecular complexity index is 4620. The van der Waals surface area contributed by atoms with Gasteiger partial charge in [0.2, 0.25) is 39.3 Å². The van der Waals surface area contributed by atoms with Crippen molar-refractivity contribution in [3.63, 3.8) is 0 Å². The Balaban J connectivity index is 1.14. The second kappa shape index (κ2) is 17.2. The Kier molecular flexibility index (Phi) is 10.6. The Morgan fingerprint density at radius 2 is 0.500 bits per heavy atom. The van der Waals surface area contributed by atoms with Crippen molar-refractivity contribution in [2.75, 3.05) is 0 Å². The molecule has 3 aromatic heterocycles. The van der Waals surface area contributed by atoms with Crippen LogP contribution in [0.4, 0.5) is 0 Å². The van der Waals surface area contributed by atoms with Crippen LogP contribution in [0.25, 0.3) is 89.7 Å². The highest BCUT2D eigenvalue weighted by Crippen LogP contribution is 2.41. The Labute approximate surface area is 433 Å². The highest BCUT2D eigenvalue weighted by Gasteiger charge is 2.29. The third kappa shape index (κ3) is 7.59. The number of aromatic nitrogens is 8. The molecule has 2 aliphatic heterocycles. The van der Waals surface area contributed by atoms with Crippen molar-refractivity contribution < 1.29 is 33.7 Å². The molecule has 5 heterocycles. The second-order valence-electron chi connectivity index (χ2n) is 17.7. The number of sulfone groups is 4. The summed E-state index contributed by atoms with van der Waals surface area (Å²) in [6.45, 7) is 0. The molecule has 11 aromatic rings. The lowest BCUT2D eigenvalue weighted by atomic mass is 10.1. The predicted molar refractivity (Wildman–Crippen MR) is 284 cm³/mol. The third-order valence-corrected chi connectivity index (χ3v) is 20.2. The van der Waals surface area contributed by atoms with E-state index in [9.17, 15) is 33.7 Å². The molecule has 0 saturated heterocycles. The minimum Gasteiger partial charge on any atom is -0.324 e. The van der Waals surface area contributed by atoms with E-state index in [1.165, 1.54) is 97.1 Å². The van der Waals surface area contributed by atoms with Crippen LogP contribution < -0.4 is 0 Å². The number of hydrogen-bond donors (Lipinski definition) is 2. The van der Waals surface area contributed by atoms with Crippen LogP contribution in [0.15, 0.2) is 233 Å². The molecule has 76 heavy (non-hydrogen) atoms. The summed E-state index contributed by atoms with van der Waals surface area (Å²) in [6, 6.07) is 49.8. The van der Waals surface area contributed by atoms with E-state index in [1.807, 2.05) is 0 Å². The van der Waals surface area contributed by atoms with Gasteiger partial charge in [-0.15, -0.1) is 0 Å². The third-order valence-electron chi connectivity index (χ3n) is 13.2. The fraction of sp³-hybridized carbons (Fsp3) is 0. The van der Waals surface area contributed by atoms with Gasteiger partial charge < -0.3 is 9.97 Å².